The number of ether oxygens (including phenoxy) is 1. The highest BCUT2D eigenvalue weighted by atomic mass is 16.5. The molecule has 0 radical (unpaired) electrons. The zero-order chi connectivity index (χ0) is 12.2. The van der Waals surface area contributed by atoms with Crippen molar-refractivity contribution >= 4 is 5.69 Å². The van der Waals surface area contributed by atoms with E-state index in [4.69, 9.17) is 4.74 Å². The van der Waals surface area contributed by atoms with Crippen LogP contribution in [-0.2, 0) is 5.41 Å². The number of hydrogen-bond acceptors (Lipinski definition) is 3. The van der Waals surface area contributed by atoms with Crippen LogP contribution in [0.5, 0.6) is 5.75 Å². The molecule has 0 fully saturated rings. The molecule has 0 heterocycles. The van der Waals surface area contributed by atoms with Crippen LogP contribution in [0.15, 0.2) is 18.2 Å². The second kappa shape index (κ2) is 5.21. The van der Waals surface area contributed by atoms with E-state index in [1.165, 1.54) is 5.56 Å². The Morgan fingerprint density at radius 1 is 1.25 bits per heavy atom. The predicted molar refractivity (Wildman–Crippen MR) is 69.2 cm³/mol. The van der Waals surface area contributed by atoms with Crippen molar-refractivity contribution in [3.63, 3.8) is 0 Å². The molecule has 0 amide bonds. The van der Waals surface area contributed by atoms with Gasteiger partial charge in [-0.3, -0.25) is 0 Å². The monoisotopic (exact) mass is 222 g/mol. The molecule has 1 aromatic carbocycles. The molecular formula is C13H22N2O. The van der Waals surface area contributed by atoms with Gasteiger partial charge in [-0.2, -0.15) is 0 Å². The minimum absolute atomic E-state index is 0.0860. The molecule has 0 saturated heterocycles. The average Bonchev–Trinajstić information content (AvgIpc) is 2.24. The Kier molecular flexibility index (Phi) is 4.19. The van der Waals surface area contributed by atoms with Crippen LogP contribution < -0.4 is 15.4 Å². The second-order valence-corrected chi connectivity index (χ2v) is 4.87. The molecule has 90 valence electrons. The van der Waals surface area contributed by atoms with Gasteiger partial charge in [-0.1, -0.05) is 20.8 Å². The fourth-order valence-electron chi connectivity index (χ4n) is 1.59. The molecule has 0 aliphatic carbocycles. The van der Waals surface area contributed by atoms with Gasteiger partial charge in [-0.05, 0) is 30.7 Å². The summed E-state index contributed by atoms with van der Waals surface area (Å²) in [6.45, 7) is 7.32. The third-order valence-electron chi connectivity index (χ3n) is 2.48. The van der Waals surface area contributed by atoms with E-state index >= 15 is 0 Å². The highest BCUT2D eigenvalue weighted by molar-refractivity contribution is 5.53. The van der Waals surface area contributed by atoms with Crippen molar-refractivity contribution in [3.8, 4) is 5.75 Å². The van der Waals surface area contributed by atoms with Crippen LogP contribution >= 0.6 is 0 Å². The van der Waals surface area contributed by atoms with E-state index in [2.05, 4.69) is 37.5 Å². The summed E-state index contributed by atoms with van der Waals surface area (Å²) in [5.41, 5.74) is 2.42. The second-order valence-electron chi connectivity index (χ2n) is 4.87. The smallest absolute Gasteiger partial charge is 0.122 e. The minimum atomic E-state index is 0.0860. The lowest BCUT2D eigenvalue weighted by Crippen LogP contribution is -2.18. The van der Waals surface area contributed by atoms with Crippen LogP contribution in [0.3, 0.4) is 0 Å². The molecule has 0 unspecified atom stereocenters. The summed E-state index contributed by atoms with van der Waals surface area (Å²) >= 11 is 0. The molecule has 0 aromatic heterocycles. The number of methoxy groups -OCH3 is 1. The summed E-state index contributed by atoms with van der Waals surface area (Å²) in [6, 6.07) is 6.19. The van der Waals surface area contributed by atoms with Gasteiger partial charge in [0.15, 0.2) is 0 Å². The van der Waals surface area contributed by atoms with Crippen LogP contribution in [0.1, 0.15) is 26.3 Å². The van der Waals surface area contributed by atoms with Crippen molar-refractivity contribution in [2.75, 3.05) is 26.1 Å². The van der Waals surface area contributed by atoms with Crippen molar-refractivity contribution in [2.24, 2.45) is 0 Å². The molecule has 0 saturated carbocycles. The first-order valence-electron chi connectivity index (χ1n) is 5.56. The molecule has 3 heteroatoms. The maximum atomic E-state index is 5.39. The predicted octanol–water partition coefficient (Wildman–Crippen LogP) is 2.58. The molecule has 0 bridgehead atoms. The molecule has 1 aromatic rings. The topological polar surface area (TPSA) is 33.3 Å². The summed E-state index contributed by atoms with van der Waals surface area (Å²) in [5.74, 6) is 0.947. The van der Waals surface area contributed by atoms with Gasteiger partial charge < -0.3 is 15.4 Å². The maximum absolute atomic E-state index is 5.39. The molecule has 3 nitrogen and oxygen atoms in total. The third kappa shape index (κ3) is 3.14. The fourth-order valence-corrected chi connectivity index (χ4v) is 1.59. The van der Waals surface area contributed by atoms with Gasteiger partial charge in [0.1, 0.15) is 5.75 Å². The van der Waals surface area contributed by atoms with E-state index in [-0.39, 0.29) is 5.41 Å². The Labute approximate surface area is 98.2 Å². The Balaban J connectivity index is 3.02. The van der Waals surface area contributed by atoms with E-state index in [0.717, 1.165) is 18.1 Å². The van der Waals surface area contributed by atoms with Crippen molar-refractivity contribution in [2.45, 2.75) is 26.2 Å². The number of hydrogen-bond donors (Lipinski definition) is 2. The van der Waals surface area contributed by atoms with Crippen molar-refractivity contribution < 1.29 is 4.74 Å². The normalized spacial score (nSPS) is 11.3. The Hall–Kier alpha value is -1.22. The van der Waals surface area contributed by atoms with Crippen molar-refractivity contribution in [1.82, 2.24) is 5.32 Å². The summed E-state index contributed by atoms with van der Waals surface area (Å²) in [4.78, 5) is 0. The number of rotatable bonds is 4. The van der Waals surface area contributed by atoms with Crippen LogP contribution in [0.25, 0.3) is 0 Å². The van der Waals surface area contributed by atoms with E-state index in [9.17, 15) is 0 Å². The first-order chi connectivity index (χ1) is 7.49. The van der Waals surface area contributed by atoms with Crippen LogP contribution in [-0.4, -0.2) is 20.8 Å². The van der Waals surface area contributed by atoms with Gasteiger partial charge in [0, 0.05) is 11.3 Å². The molecule has 1 rings (SSSR count). The lowest BCUT2D eigenvalue weighted by Gasteiger charge is -2.23. The van der Waals surface area contributed by atoms with Gasteiger partial charge in [0.05, 0.1) is 13.8 Å². The standard InChI is InChI=1S/C13H22N2O/c1-13(2,3)11-8-10(15-9-14-4)6-7-12(11)16-5/h6-8,14-15H,9H2,1-5H3. The Morgan fingerprint density at radius 3 is 2.44 bits per heavy atom. The largest absolute Gasteiger partial charge is 0.496 e. The first-order valence-corrected chi connectivity index (χ1v) is 5.56. The Bertz CT molecular complexity index is 342. The van der Waals surface area contributed by atoms with Crippen molar-refractivity contribution in [3.05, 3.63) is 23.8 Å². The molecule has 0 spiro atoms. The number of anilines is 1. The summed E-state index contributed by atoms with van der Waals surface area (Å²) < 4.78 is 5.39. The van der Waals surface area contributed by atoms with E-state index in [0.29, 0.717) is 0 Å². The van der Waals surface area contributed by atoms with Crippen LogP contribution in [0, 0.1) is 0 Å². The molecule has 0 aliphatic heterocycles. The SMILES string of the molecule is CNCNc1ccc(OC)c(C(C)(C)C)c1. The molecular weight excluding hydrogens is 200 g/mol. The van der Waals surface area contributed by atoms with Crippen LogP contribution in [0.4, 0.5) is 5.69 Å². The number of benzene rings is 1. The van der Waals surface area contributed by atoms with Gasteiger partial charge in [0.25, 0.3) is 0 Å². The van der Waals surface area contributed by atoms with Gasteiger partial charge in [-0.15, -0.1) is 0 Å². The molecule has 2 N–H and O–H groups in total. The highest BCUT2D eigenvalue weighted by Gasteiger charge is 2.18. The summed E-state index contributed by atoms with van der Waals surface area (Å²) in [5, 5.41) is 6.35. The zero-order valence-electron chi connectivity index (χ0n) is 10.8. The van der Waals surface area contributed by atoms with Gasteiger partial charge >= 0.3 is 0 Å². The summed E-state index contributed by atoms with van der Waals surface area (Å²) in [6.07, 6.45) is 0. The molecule has 16 heavy (non-hydrogen) atoms. The summed E-state index contributed by atoms with van der Waals surface area (Å²) in [7, 11) is 3.63. The molecule has 0 aliphatic rings. The molecule has 0 atom stereocenters. The zero-order valence-corrected chi connectivity index (χ0v) is 10.8. The quantitative estimate of drug-likeness (QED) is 0.768. The fraction of sp³-hybridized carbons (Fsp3) is 0.538. The van der Waals surface area contributed by atoms with Gasteiger partial charge in [-0.25, -0.2) is 0 Å². The van der Waals surface area contributed by atoms with Crippen molar-refractivity contribution in [1.29, 1.82) is 0 Å². The minimum Gasteiger partial charge on any atom is -0.496 e. The van der Waals surface area contributed by atoms with Crippen LogP contribution in [0.2, 0.25) is 0 Å². The average molecular weight is 222 g/mol. The van der Waals surface area contributed by atoms with E-state index in [1.54, 1.807) is 7.11 Å². The maximum Gasteiger partial charge on any atom is 0.122 e. The van der Waals surface area contributed by atoms with E-state index < -0.39 is 0 Å². The lowest BCUT2D eigenvalue weighted by molar-refractivity contribution is 0.397. The van der Waals surface area contributed by atoms with E-state index in [1.807, 2.05) is 19.2 Å². The number of nitrogens with one attached hydrogen (secondary N) is 2. The third-order valence-corrected chi connectivity index (χ3v) is 2.48. The Morgan fingerprint density at radius 2 is 1.94 bits per heavy atom. The van der Waals surface area contributed by atoms with Gasteiger partial charge in [0.2, 0.25) is 0 Å². The lowest BCUT2D eigenvalue weighted by atomic mass is 9.86. The highest BCUT2D eigenvalue weighted by Crippen LogP contribution is 2.33. The first kappa shape index (κ1) is 12.8.